The third kappa shape index (κ3) is 64.6. The second-order valence-electron chi connectivity index (χ2n) is 22.0. The number of esters is 3. The first-order valence-electron chi connectivity index (χ1n) is 33.5. The summed E-state index contributed by atoms with van der Waals surface area (Å²) in [5.74, 6) is -0.899. The van der Waals surface area contributed by atoms with E-state index < -0.39 is 6.10 Å². The fourth-order valence-electron chi connectivity index (χ4n) is 9.15. The normalized spacial score (nSPS) is 12.9. The predicted octanol–water partition coefficient (Wildman–Crippen LogP) is 23.2. The van der Waals surface area contributed by atoms with Gasteiger partial charge >= 0.3 is 17.9 Å². The monoisotopic (exact) mass is 1110 g/mol. The van der Waals surface area contributed by atoms with Gasteiger partial charge < -0.3 is 14.2 Å². The van der Waals surface area contributed by atoms with Crippen LogP contribution in [0.5, 0.6) is 0 Å². The van der Waals surface area contributed by atoms with Gasteiger partial charge in [-0.05, 0) is 135 Å². The summed E-state index contributed by atoms with van der Waals surface area (Å²) in [5.41, 5.74) is 0. The molecule has 0 aromatic carbocycles. The van der Waals surface area contributed by atoms with Crippen LogP contribution in [0.4, 0.5) is 0 Å². The lowest BCUT2D eigenvalue weighted by Gasteiger charge is -2.18. The first kappa shape index (κ1) is 75.8. The van der Waals surface area contributed by atoms with Crippen LogP contribution in [0.15, 0.2) is 122 Å². The maximum atomic E-state index is 12.9. The number of hydrogen-bond acceptors (Lipinski definition) is 6. The van der Waals surface area contributed by atoms with E-state index in [1.807, 2.05) is 0 Å². The molecule has 0 aromatic rings. The van der Waals surface area contributed by atoms with E-state index in [4.69, 9.17) is 14.2 Å². The Morgan fingerprint density at radius 3 is 0.775 bits per heavy atom. The summed E-state index contributed by atoms with van der Waals surface area (Å²) >= 11 is 0. The van der Waals surface area contributed by atoms with Gasteiger partial charge in [0.2, 0.25) is 0 Å². The highest BCUT2D eigenvalue weighted by molar-refractivity contribution is 5.71. The Morgan fingerprint density at radius 1 is 0.263 bits per heavy atom. The lowest BCUT2D eigenvalue weighted by atomic mass is 10.0. The fraction of sp³-hybridized carbons (Fsp3) is 0.689. The second-order valence-corrected chi connectivity index (χ2v) is 22.0. The summed E-state index contributed by atoms with van der Waals surface area (Å²) < 4.78 is 16.9. The Balaban J connectivity index is 4.24. The average Bonchev–Trinajstić information content (AvgIpc) is 3.46. The molecule has 0 aliphatic carbocycles. The van der Waals surface area contributed by atoms with Crippen LogP contribution in [0, 0.1) is 0 Å². The van der Waals surface area contributed by atoms with Crippen LogP contribution in [0.2, 0.25) is 0 Å². The van der Waals surface area contributed by atoms with Crippen molar-refractivity contribution in [3.63, 3.8) is 0 Å². The molecule has 6 heteroatoms. The molecule has 0 rings (SSSR count). The largest absolute Gasteiger partial charge is 0.462 e. The molecule has 0 saturated heterocycles. The van der Waals surface area contributed by atoms with Crippen molar-refractivity contribution in [2.75, 3.05) is 13.2 Å². The van der Waals surface area contributed by atoms with E-state index in [9.17, 15) is 14.4 Å². The summed E-state index contributed by atoms with van der Waals surface area (Å²) in [6.45, 7) is 6.48. The summed E-state index contributed by atoms with van der Waals surface area (Å²) in [7, 11) is 0. The van der Waals surface area contributed by atoms with Gasteiger partial charge in [-0.15, -0.1) is 0 Å². The Kier molecular flexibility index (Phi) is 63.8. The van der Waals surface area contributed by atoms with Crippen LogP contribution in [-0.2, 0) is 28.6 Å². The van der Waals surface area contributed by atoms with Crippen LogP contribution < -0.4 is 0 Å². The van der Waals surface area contributed by atoms with Gasteiger partial charge in [0.15, 0.2) is 6.10 Å². The topological polar surface area (TPSA) is 78.9 Å². The summed E-state index contributed by atoms with van der Waals surface area (Å²) in [6.07, 6.45) is 93.5. The molecule has 0 saturated carbocycles. The number of unbranched alkanes of at least 4 members (excludes halogenated alkanes) is 29. The van der Waals surface area contributed by atoms with E-state index >= 15 is 0 Å². The molecule has 6 nitrogen and oxygen atoms in total. The molecule has 0 aromatic heterocycles. The van der Waals surface area contributed by atoms with Crippen LogP contribution in [-0.4, -0.2) is 37.2 Å². The third-order valence-corrected chi connectivity index (χ3v) is 14.2. The Morgan fingerprint density at radius 2 is 0.487 bits per heavy atom. The van der Waals surface area contributed by atoms with E-state index in [0.29, 0.717) is 19.3 Å². The van der Waals surface area contributed by atoms with Crippen molar-refractivity contribution in [1.29, 1.82) is 0 Å². The minimum Gasteiger partial charge on any atom is -0.462 e. The molecule has 0 radical (unpaired) electrons. The molecule has 0 amide bonds. The minimum absolute atomic E-state index is 0.0857. The number of allylic oxidation sites excluding steroid dienone is 20. The molecular weight excluding hydrogens is 985 g/mol. The molecule has 0 fully saturated rings. The first-order valence-corrected chi connectivity index (χ1v) is 33.5. The molecule has 80 heavy (non-hydrogen) atoms. The Hall–Kier alpha value is -4.19. The van der Waals surface area contributed by atoms with E-state index in [-0.39, 0.29) is 31.1 Å². The average molecular weight is 1110 g/mol. The Labute approximate surface area is 494 Å². The van der Waals surface area contributed by atoms with Gasteiger partial charge in [-0.2, -0.15) is 0 Å². The lowest BCUT2D eigenvalue weighted by molar-refractivity contribution is -0.167. The molecule has 0 N–H and O–H groups in total. The van der Waals surface area contributed by atoms with Gasteiger partial charge in [-0.3, -0.25) is 14.4 Å². The zero-order valence-electron chi connectivity index (χ0n) is 52.3. The highest BCUT2D eigenvalue weighted by atomic mass is 16.6. The van der Waals surface area contributed by atoms with Crippen molar-refractivity contribution < 1.29 is 28.6 Å². The van der Waals surface area contributed by atoms with Gasteiger partial charge in [0, 0.05) is 19.3 Å². The molecule has 456 valence electrons. The van der Waals surface area contributed by atoms with Crippen LogP contribution in [0.25, 0.3) is 0 Å². The number of hydrogen-bond donors (Lipinski definition) is 0. The zero-order valence-corrected chi connectivity index (χ0v) is 52.3. The molecule has 0 heterocycles. The second kappa shape index (κ2) is 67.3. The van der Waals surface area contributed by atoms with Crippen molar-refractivity contribution in [3.05, 3.63) is 122 Å². The molecule has 0 bridgehead atoms. The van der Waals surface area contributed by atoms with Gasteiger partial charge in [-0.25, -0.2) is 0 Å². The summed E-state index contributed by atoms with van der Waals surface area (Å²) in [5, 5.41) is 0. The third-order valence-electron chi connectivity index (χ3n) is 14.2. The molecule has 0 aliphatic rings. The number of carbonyl (C=O) groups is 3. The van der Waals surface area contributed by atoms with E-state index in [1.165, 1.54) is 148 Å². The van der Waals surface area contributed by atoms with Gasteiger partial charge in [0.25, 0.3) is 0 Å². The van der Waals surface area contributed by atoms with Crippen LogP contribution in [0.1, 0.15) is 310 Å². The lowest BCUT2D eigenvalue weighted by Crippen LogP contribution is -2.30. The maximum absolute atomic E-state index is 12.9. The predicted molar refractivity (Wildman–Crippen MR) is 348 cm³/mol. The molecule has 1 unspecified atom stereocenters. The van der Waals surface area contributed by atoms with Crippen LogP contribution >= 0.6 is 0 Å². The van der Waals surface area contributed by atoms with Crippen molar-refractivity contribution in [2.45, 2.75) is 316 Å². The molecular formula is C74H124O6. The van der Waals surface area contributed by atoms with Crippen molar-refractivity contribution in [1.82, 2.24) is 0 Å². The smallest absolute Gasteiger partial charge is 0.306 e. The summed E-state index contributed by atoms with van der Waals surface area (Å²) in [4.78, 5) is 38.3. The van der Waals surface area contributed by atoms with E-state index in [2.05, 4.69) is 142 Å². The maximum Gasteiger partial charge on any atom is 0.306 e. The van der Waals surface area contributed by atoms with Crippen LogP contribution in [0.3, 0.4) is 0 Å². The highest BCUT2D eigenvalue weighted by Crippen LogP contribution is 2.16. The van der Waals surface area contributed by atoms with Gasteiger partial charge in [0.1, 0.15) is 13.2 Å². The number of ether oxygens (including phenoxy) is 3. The minimum atomic E-state index is -0.789. The SMILES string of the molecule is CC/C=C\C/C=C\C/C=C\C/C=C\C/C=C\C/C=C\C/C=C\CCCCCCCCCCCCCC(=O)OCC(COC(=O)CCCCCCC/C=C\CCCCC)OC(=O)CCCCCCCCC/C=C\C/C=C\CCCCC. The van der Waals surface area contributed by atoms with Crippen molar-refractivity contribution >= 4 is 17.9 Å². The van der Waals surface area contributed by atoms with Crippen molar-refractivity contribution in [3.8, 4) is 0 Å². The van der Waals surface area contributed by atoms with Gasteiger partial charge in [-0.1, -0.05) is 277 Å². The fourth-order valence-corrected chi connectivity index (χ4v) is 9.15. The van der Waals surface area contributed by atoms with Crippen molar-refractivity contribution in [2.24, 2.45) is 0 Å². The Bertz CT molecular complexity index is 1650. The van der Waals surface area contributed by atoms with E-state index in [0.717, 1.165) is 122 Å². The molecule has 0 spiro atoms. The van der Waals surface area contributed by atoms with Gasteiger partial charge in [0.05, 0.1) is 0 Å². The standard InChI is InChI=1S/C74H124O6/c1-4-7-10-13-16-19-22-25-27-29-30-31-32-33-34-35-36-37-38-39-40-41-42-43-44-46-47-49-52-55-58-61-64-67-73(76)79-70-71(69-78-72(75)66-63-60-57-54-51-24-21-18-15-12-9-6-3)80-74(77)68-65-62-59-56-53-50-48-45-28-26-23-20-17-14-11-8-5-2/h7,10,16-21,25-28,30-31,33-34,36-37,39-40,71H,4-6,8-9,11-15,22-24,29,32,35,38,41-70H2,1-3H3/b10-7-,19-16-,20-17-,21-18-,27-25-,28-26-,31-30-,34-33-,37-36-,40-39-. The number of rotatable bonds is 60. The first-order chi connectivity index (χ1) is 39.5. The quantitative estimate of drug-likeness (QED) is 0.0261. The summed E-state index contributed by atoms with van der Waals surface area (Å²) in [6, 6.07) is 0. The molecule has 0 aliphatic heterocycles. The highest BCUT2D eigenvalue weighted by Gasteiger charge is 2.19. The molecule has 1 atom stereocenters. The zero-order chi connectivity index (χ0) is 57.8. The number of carbonyl (C=O) groups excluding carboxylic acids is 3. The van der Waals surface area contributed by atoms with E-state index in [1.54, 1.807) is 0 Å².